The van der Waals surface area contributed by atoms with Gasteiger partial charge in [0.05, 0.1) is 0 Å². The molecule has 0 spiro atoms. The van der Waals surface area contributed by atoms with Crippen LogP contribution in [-0.4, -0.2) is 25.8 Å². The van der Waals surface area contributed by atoms with Gasteiger partial charge in [0.25, 0.3) is 0 Å². The van der Waals surface area contributed by atoms with Crippen molar-refractivity contribution in [1.82, 2.24) is 14.8 Å². The van der Waals surface area contributed by atoms with Crippen molar-refractivity contribution < 1.29 is 9.90 Å². The Labute approximate surface area is 80.6 Å². The molecule has 1 aromatic heterocycles. The first kappa shape index (κ1) is 10.5. The normalized spacial score (nSPS) is 11.6. The van der Waals surface area contributed by atoms with E-state index in [4.69, 9.17) is 5.11 Å². The van der Waals surface area contributed by atoms with Crippen molar-refractivity contribution in [2.75, 3.05) is 0 Å². The molecule has 0 saturated heterocycles. The van der Waals surface area contributed by atoms with Crippen LogP contribution in [0, 0.1) is 0 Å². The lowest BCUT2D eigenvalue weighted by molar-refractivity contribution is -0.148. The van der Waals surface area contributed by atoms with E-state index in [1.165, 1.54) is 6.33 Å². The maximum atomic E-state index is 11.3. The number of H-pyrrole nitrogens is 1. The van der Waals surface area contributed by atoms with Gasteiger partial charge in [0.15, 0.2) is 0 Å². The van der Waals surface area contributed by atoms with Gasteiger partial charge in [0.2, 0.25) is 0 Å². The van der Waals surface area contributed by atoms with Crippen molar-refractivity contribution in [2.24, 2.45) is 0 Å². The fourth-order valence-corrected chi connectivity index (χ4v) is 1.55. The largest absolute Gasteiger partial charge is 0.479 e. The zero-order valence-corrected chi connectivity index (χ0v) is 8.15. The van der Waals surface area contributed by atoms with Gasteiger partial charge in [-0.1, -0.05) is 13.8 Å². The van der Waals surface area contributed by atoms with Crippen LogP contribution >= 0.6 is 0 Å². The van der Waals surface area contributed by atoms with E-state index in [1.807, 2.05) is 0 Å². The van der Waals surface area contributed by atoms with Gasteiger partial charge < -0.3 is 5.11 Å². The average molecular weight is 199 g/mol. The Kier molecular flexibility index (Phi) is 2.73. The molecule has 6 nitrogen and oxygen atoms in total. The van der Waals surface area contributed by atoms with Crippen molar-refractivity contribution in [3.05, 3.63) is 16.8 Å². The number of hydrogen-bond acceptors (Lipinski definition) is 3. The van der Waals surface area contributed by atoms with Gasteiger partial charge in [-0.15, -0.1) is 0 Å². The lowest BCUT2D eigenvalue weighted by atomic mass is 9.93. The quantitative estimate of drug-likeness (QED) is 0.723. The van der Waals surface area contributed by atoms with E-state index in [0.717, 1.165) is 4.57 Å². The molecule has 2 N–H and O–H groups in total. The molecule has 0 atom stereocenters. The summed E-state index contributed by atoms with van der Waals surface area (Å²) in [7, 11) is 0. The van der Waals surface area contributed by atoms with E-state index < -0.39 is 17.2 Å². The summed E-state index contributed by atoms with van der Waals surface area (Å²) in [6.07, 6.45) is 1.92. The summed E-state index contributed by atoms with van der Waals surface area (Å²) < 4.78 is 1.13. The Morgan fingerprint density at radius 2 is 2.21 bits per heavy atom. The Balaban J connectivity index is 3.31. The van der Waals surface area contributed by atoms with E-state index in [2.05, 4.69) is 10.2 Å². The van der Waals surface area contributed by atoms with Gasteiger partial charge in [-0.25, -0.2) is 14.7 Å². The number of nitrogens with zero attached hydrogens (tertiary/aromatic N) is 2. The third-order valence-corrected chi connectivity index (χ3v) is 2.58. The average Bonchev–Trinajstić information content (AvgIpc) is 2.55. The summed E-state index contributed by atoms with van der Waals surface area (Å²) in [4.78, 5) is 22.4. The Morgan fingerprint density at radius 1 is 1.64 bits per heavy atom. The zero-order valence-electron chi connectivity index (χ0n) is 8.15. The first-order valence-corrected chi connectivity index (χ1v) is 4.44. The third kappa shape index (κ3) is 1.32. The summed E-state index contributed by atoms with van der Waals surface area (Å²) >= 11 is 0. The molecular formula is C8H13N3O3. The molecule has 14 heavy (non-hydrogen) atoms. The standard InChI is InChI=1S/C8H13N3O3/c1-3-8(4-2,6(12)13)11-5-9-10-7(11)14/h5H,3-4H2,1-2H3,(H,10,14)(H,12,13). The molecule has 0 fully saturated rings. The molecule has 0 radical (unpaired) electrons. The molecule has 0 saturated carbocycles. The van der Waals surface area contributed by atoms with Gasteiger partial charge in [-0.2, -0.15) is 5.10 Å². The number of aromatic nitrogens is 3. The van der Waals surface area contributed by atoms with E-state index in [1.54, 1.807) is 13.8 Å². The summed E-state index contributed by atoms with van der Waals surface area (Å²) in [6, 6.07) is 0. The number of carbonyl (C=O) groups is 1. The fraction of sp³-hybridized carbons (Fsp3) is 0.625. The van der Waals surface area contributed by atoms with Crippen LogP contribution in [-0.2, 0) is 10.3 Å². The van der Waals surface area contributed by atoms with Crippen molar-refractivity contribution in [1.29, 1.82) is 0 Å². The highest BCUT2D eigenvalue weighted by Crippen LogP contribution is 2.23. The summed E-state index contributed by atoms with van der Waals surface area (Å²) in [6.45, 7) is 3.47. The molecule has 0 unspecified atom stereocenters. The Morgan fingerprint density at radius 3 is 2.50 bits per heavy atom. The molecule has 0 bridgehead atoms. The predicted octanol–water partition coefficient (Wildman–Crippen LogP) is 0.171. The van der Waals surface area contributed by atoms with Crippen LogP contribution in [0.15, 0.2) is 11.1 Å². The molecule has 0 amide bonds. The van der Waals surface area contributed by atoms with Crippen LogP contribution in [0.5, 0.6) is 0 Å². The molecule has 78 valence electrons. The third-order valence-electron chi connectivity index (χ3n) is 2.58. The minimum Gasteiger partial charge on any atom is -0.479 e. The molecule has 1 heterocycles. The first-order chi connectivity index (χ1) is 6.58. The Bertz CT molecular complexity index is 375. The van der Waals surface area contributed by atoms with Crippen LogP contribution in [0.25, 0.3) is 0 Å². The number of aromatic amines is 1. The second-order valence-corrected chi connectivity index (χ2v) is 3.08. The maximum absolute atomic E-state index is 11.3. The van der Waals surface area contributed by atoms with Crippen molar-refractivity contribution in [2.45, 2.75) is 32.2 Å². The molecule has 1 rings (SSSR count). The van der Waals surface area contributed by atoms with Crippen LogP contribution in [0.2, 0.25) is 0 Å². The van der Waals surface area contributed by atoms with E-state index in [9.17, 15) is 9.59 Å². The summed E-state index contributed by atoms with van der Waals surface area (Å²) in [5.74, 6) is -1.01. The highest BCUT2D eigenvalue weighted by Gasteiger charge is 2.38. The minimum atomic E-state index is -1.18. The van der Waals surface area contributed by atoms with E-state index >= 15 is 0 Å². The predicted molar refractivity (Wildman–Crippen MR) is 49.0 cm³/mol. The smallest absolute Gasteiger partial charge is 0.344 e. The van der Waals surface area contributed by atoms with Gasteiger partial charge in [-0.05, 0) is 12.8 Å². The highest BCUT2D eigenvalue weighted by molar-refractivity contribution is 5.76. The summed E-state index contributed by atoms with van der Waals surface area (Å²) in [5.41, 5.74) is -1.67. The minimum absolute atomic E-state index is 0.346. The number of aliphatic carboxylic acids is 1. The van der Waals surface area contributed by atoms with Crippen molar-refractivity contribution in [3.8, 4) is 0 Å². The van der Waals surface area contributed by atoms with Gasteiger partial charge in [0.1, 0.15) is 11.9 Å². The number of rotatable bonds is 4. The molecule has 1 aromatic rings. The monoisotopic (exact) mass is 199 g/mol. The SMILES string of the molecule is CCC(CC)(C(=O)O)n1cn[nH]c1=O. The second kappa shape index (κ2) is 3.65. The van der Waals surface area contributed by atoms with E-state index in [-0.39, 0.29) is 0 Å². The molecule has 6 heteroatoms. The molecule has 0 aliphatic heterocycles. The molecule has 0 aliphatic rings. The molecular weight excluding hydrogens is 186 g/mol. The van der Waals surface area contributed by atoms with Crippen LogP contribution in [0.1, 0.15) is 26.7 Å². The van der Waals surface area contributed by atoms with E-state index in [0.29, 0.717) is 12.8 Å². The topological polar surface area (TPSA) is 88.0 Å². The molecule has 0 aliphatic carbocycles. The number of carboxylic acids is 1. The van der Waals surface area contributed by atoms with Crippen LogP contribution < -0.4 is 5.69 Å². The fourth-order valence-electron chi connectivity index (χ4n) is 1.55. The number of nitrogens with one attached hydrogen (secondary N) is 1. The first-order valence-electron chi connectivity index (χ1n) is 4.44. The van der Waals surface area contributed by atoms with Crippen molar-refractivity contribution in [3.63, 3.8) is 0 Å². The van der Waals surface area contributed by atoms with Gasteiger partial charge >= 0.3 is 11.7 Å². The maximum Gasteiger partial charge on any atom is 0.344 e. The number of carboxylic acid groups (broad SMARTS) is 1. The zero-order chi connectivity index (χ0) is 10.8. The Hall–Kier alpha value is -1.59. The molecule has 0 aromatic carbocycles. The highest BCUT2D eigenvalue weighted by atomic mass is 16.4. The summed E-state index contributed by atoms with van der Waals surface area (Å²) in [5, 5.41) is 14.8. The lowest BCUT2D eigenvalue weighted by Crippen LogP contribution is -2.45. The van der Waals surface area contributed by atoms with Crippen molar-refractivity contribution >= 4 is 5.97 Å². The number of hydrogen-bond donors (Lipinski definition) is 2. The van der Waals surface area contributed by atoms with Crippen LogP contribution in [0.4, 0.5) is 0 Å². The second-order valence-electron chi connectivity index (χ2n) is 3.08. The van der Waals surface area contributed by atoms with Gasteiger partial charge in [0, 0.05) is 0 Å². The van der Waals surface area contributed by atoms with Gasteiger partial charge in [-0.3, -0.25) is 4.57 Å². The lowest BCUT2D eigenvalue weighted by Gasteiger charge is -2.26. The van der Waals surface area contributed by atoms with Crippen LogP contribution in [0.3, 0.4) is 0 Å².